The van der Waals surface area contributed by atoms with Crippen LogP contribution in [0.1, 0.15) is 28.7 Å². The SMILES string of the molecule is Cc1ccc(S(=O)(=O)Cl)cc1.Cc1ccc(S(=O)(=O)N[C@@H](Cc2ccc3c(c2)NC(=O)C(CC(=O)O)O3)C(=O)OCc2ccccc2)cc1. The number of esters is 1. The number of nitrogens with one attached hydrogen (secondary N) is 2. The third kappa shape index (κ3) is 10.9. The number of rotatable bonds is 11. The molecular weight excluding hydrogens is 696 g/mol. The Balaban J connectivity index is 0.000000418. The largest absolute Gasteiger partial charge is 0.481 e. The van der Waals surface area contributed by atoms with E-state index in [4.69, 9.17) is 25.3 Å². The lowest BCUT2D eigenvalue weighted by atomic mass is 10.0. The zero-order valence-corrected chi connectivity index (χ0v) is 28.7. The summed E-state index contributed by atoms with van der Waals surface area (Å²) in [5.74, 6) is -2.30. The van der Waals surface area contributed by atoms with Crippen LogP contribution in [0.2, 0.25) is 0 Å². The van der Waals surface area contributed by atoms with E-state index in [2.05, 4.69) is 10.0 Å². The van der Waals surface area contributed by atoms with Gasteiger partial charge in [0.2, 0.25) is 10.0 Å². The molecule has 3 N–H and O–H groups in total. The Morgan fingerprint density at radius 2 is 1.47 bits per heavy atom. The van der Waals surface area contributed by atoms with Gasteiger partial charge in [0.15, 0.2) is 6.10 Å². The second-order valence-electron chi connectivity index (χ2n) is 11.1. The summed E-state index contributed by atoms with van der Waals surface area (Å²) in [6.07, 6.45) is -1.75. The second-order valence-corrected chi connectivity index (χ2v) is 15.3. The van der Waals surface area contributed by atoms with Crippen LogP contribution in [0.4, 0.5) is 5.69 Å². The fraction of sp³-hybridized carbons (Fsp3) is 0.206. The molecule has 4 aromatic carbocycles. The van der Waals surface area contributed by atoms with Crippen LogP contribution in [-0.4, -0.2) is 51.9 Å². The summed E-state index contributed by atoms with van der Waals surface area (Å²) in [5, 5.41) is 11.6. The first-order valence-electron chi connectivity index (χ1n) is 14.7. The maximum Gasteiger partial charge on any atom is 0.324 e. The molecule has 258 valence electrons. The van der Waals surface area contributed by atoms with Crippen molar-refractivity contribution < 1.29 is 45.8 Å². The average Bonchev–Trinajstić information content (AvgIpc) is 3.04. The van der Waals surface area contributed by atoms with E-state index >= 15 is 0 Å². The normalized spacial score (nSPS) is 14.6. The highest BCUT2D eigenvalue weighted by Crippen LogP contribution is 2.32. The van der Waals surface area contributed by atoms with E-state index in [0.29, 0.717) is 5.56 Å². The third-order valence-corrected chi connectivity index (χ3v) is 9.96. The molecule has 0 spiro atoms. The summed E-state index contributed by atoms with van der Waals surface area (Å²) in [7, 11) is -2.53. The molecule has 1 amide bonds. The molecular formula is C34H33ClN2O10S2. The number of carboxylic acid groups (broad SMARTS) is 1. The van der Waals surface area contributed by atoms with Gasteiger partial charge in [0.1, 0.15) is 18.4 Å². The van der Waals surface area contributed by atoms with Crippen LogP contribution in [0.3, 0.4) is 0 Å². The first kappa shape index (κ1) is 37.1. The molecule has 1 aliphatic rings. The van der Waals surface area contributed by atoms with Crippen molar-refractivity contribution in [1.29, 1.82) is 0 Å². The van der Waals surface area contributed by atoms with Crippen molar-refractivity contribution in [2.45, 2.75) is 55.2 Å². The van der Waals surface area contributed by atoms with Gasteiger partial charge >= 0.3 is 11.9 Å². The molecule has 2 atom stereocenters. The van der Waals surface area contributed by atoms with Gasteiger partial charge in [0.25, 0.3) is 15.0 Å². The number of fused-ring (bicyclic) bond motifs is 1. The van der Waals surface area contributed by atoms with Crippen molar-refractivity contribution in [2.24, 2.45) is 0 Å². The molecule has 1 heterocycles. The van der Waals surface area contributed by atoms with E-state index in [-0.39, 0.29) is 34.3 Å². The average molecular weight is 729 g/mol. The molecule has 0 radical (unpaired) electrons. The molecule has 0 aliphatic carbocycles. The Kier molecular flexibility index (Phi) is 12.2. The number of benzene rings is 4. The number of carbonyl (C=O) groups is 3. The smallest absolute Gasteiger partial charge is 0.324 e. The number of carboxylic acids is 1. The van der Waals surface area contributed by atoms with Gasteiger partial charge in [-0.25, -0.2) is 16.8 Å². The summed E-state index contributed by atoms with van der Waals surface area (Å²) >= 11 is 0. The first-order chi connectivity index (χ1) is 23.1. The first-order valence-corrected chi connectivity index (χ1v) is 18.5. The van der Waals surface area contributed by atoms with Gasteiger partial charge in [0, 0.05) is 10.7 Å². The summed E-state index contributed by atoms with van der Waals surface area (Å²) in [4.78, 5) is 36.5. The van der Waals surface area contributed by atoms with Gasteiger partial charge < -0.3 is 19.9 Å². The number of aliphatic carboxylic acids is 1. The standard InChI is InChI=1S/C27H26N2O8S.C7H7ClO2S/c1-17-7-10-20(11-8-17)38(34,35)29-22(27(33)36-16-18-5-3-2-4-6-18)14-19-9-12-23-21(13-19)28-26(32)24(37-23)15-25(30)31;1-6-2-4-7(5-3-6)11(8,9)10/h2-13,22,24,29H,14-16H2,1H3,(H,28,32)(H,30,31);2-5H,1H3/t22-,24?;/m0./s1. The predicted molar refractivity (Wildman–Crippen MR) is 181 cm³/mol. The molecule has 0 fully saturated rings. The van der Waals surface area contributed by atoms with Crippen molar-refractivity contribution in [1.82, 2.24) is 4.72 Å². The summed E-state index contributed by atoms with van der Waals surface area (Å²) in [6.45, 7) is 3.67. The summed E-state index contributed by atoms with van der Waals surface area (Å²) < 4.78 is 61.0. The van der Waals surface area contributed by atoms with Crippen LogP contribution in [0.25, 0.3) is 0 Å². The van der Waals surface area contributed by atoms with E-state index in [1.54, 1.807) is 60.7 Å². The highest BCUT2D eigenvalue weighted by Gasteiger charge is 2.31. The lowest BCUT2D eigenvalue weighted by Crippen LogP contribution is -2.43. The van der Waals surface area contributed by atoms with Gasteiger partial charge in [-0.05, 0) is 67.8 Å². The van der Waals surface area contributed by atoms with Gasteiger partial charge in [-0.15, -0.1) is 0 Å². The van der Waals surface area contributed by atoms with Gasteiger partial charge in [-0.1, -0.05) is 71.8 Å². The molecule has 15 heteroatoms. The number of hydrogen-bond donors (Lipinski definition) is 3. The molecule has 0 saturated carbocycles. The van der Waals surface area contributed by atoms with E-state index in [9.17, 15) is 31.2 Å². The summed E-state index contributed by atoms with van der Waals surface area (Å²) in [5.41, 5.74) is 3.43. The minimum atomic E-state index is -4.07. The number of carbonyl (C=O) groups excluding carboxylic acids is 2. The van der Waals surface area contributed by atoms with Gasteiger partial charge in [-0.3, -0.25) is 14.4 Å². The van der Waals surface area contributed by atoms with Crippen molar-refractivity contribution >= 4 is 53.3 Å². The molecule has 49 heavy (non-hydrogen) atoms. The molecule has 0 aromatic heterocycles. The second kappa shape index (κ2) is 16.1. The number of halogens is 1. The Bertz CT molecular complexity index is 2020. The predicted octanol–water partition coefficient (Wildman–Crippen LogP) is 4.72. The molecule has 4 aromatic rings. The van der Waals surface area contributed by atoms with Crippen molar-refractivity contribution in [3.8, 4) is 5.75 Å². The lowest BCUT2D eigenvalue weighted by Gasteiger charge is -2.25. The minimum Gasteiger partial charge on any atom is -0.481 e. The Morgan fingerprint density at radius 1 is 0.878 bits per heavy atom. The van der Waals surface area contributed by atoms with E-state index in [1.165, 1.54) is 30.3 Å². The van der Waals surface area contributed by atoms with Crippen molar-refractivity contribution in [3.05, 3.63) is 119 Å². The maximum atomic E-state index is 13.1. The number of sulfonamides is 1. The van der Waals surface area contributed by atoms with Crippen molar-refractivity contribution in [3.63, 3.8) is 0 Å². The Labute approximate surface area is 288 Å². The maximum absolute atomic E-state index is 13.1. The number of amides is 1. The van der Waals surface area contributed by atoms with Crippen LogP contribution < -0.4 is 14.8 Å². The Morgan fingerprint density at radius 3 is 2.04 bits per heavy atom. The molecule has 1 aliphatic heterocycles. The fourth-order valence-corrected chi connectivity index (χ4v) is 6.48. The molecule has 0 saturated heterocycles. The number of ether oxygens (including phenoxy) is 2. The lowest BCUT2D eigenvalue weighted by molar-refractivity contribution is -0.147. The van der Waals surface area contributed by atoms with E-state index in [0.717, 1.165) is 16.7 Å². The van der Waals surface area contributed by atoms with E-state index in [1.807, 2.05) is 19.9 Å². The zero-order valence-electron chi connectivity index (χ0n) is 26.3. The number of aryl methyl sites for hydroxylation is 2. The molecule has 12 nitrogen and oxygen atoms in total. The zero-order chi connectivity index (χ0) is 35.8. The van der Waals surface area contributed by atoms with Crippen LogP contribution in [-0.2, 0) is 51.2 Å². The van der Waals surface area contributed by atoms with Crippen LogP contribution in [0, 0.1) is 13.8 Å². The quantitative estimate of drug-likeness (QED) is 0.144. The van der Waals surface area contributed by atoms with Crippen molar-refractivity contribution in [2.75, 3.05) is 5.32 Å². The molecule has 0 bridgehead atoms. The van der Waals surface area contributed by atoms with Crippen LogP contribution >= 0.6 is 10.7 Å². The monoisotopic (exact) mass is 728 g/mol. The topological polar surface area (TPSA) is 182 Å². The Hall–Kier alpha value is -4.76. The highest BCUT2D eigenvalue weighted by atomic mass is 35.7. The number of hydrogen-bond acceptors (Lipinski definition) is 9. The van der Waals surface area contributed by atoms with Crippen LogP contribution in [0.15, 0.2) is 107 Å². The number of anilines is 1. The van der Waals surface area contributed by atoms with E-state index < -0.39 is 55.5 Å². The molecule has 1 unspecified atom stereocenters. The molecule has 5 rings (SSSR count). The minimum absolute atomic E-state index is 0.000430. The highest BCUT2D eigenvalue weighted by molar-refractivity contribution is 8.13. The fourth-order valence-electron chi connectivity index (χ4n) is 4.53. The van der Waals surface area contributed by atoms with Gasteiger partial charge in [-0.2, -0.15) is 4.72 Å². The third-order valence-electron chi connectivity index (χ3n) is 7.10. The summed E-state index contributed by atoms with van der Waals surface area (Å²) in [6, 6.07) is 25.0. The van der Waals surface area contributed by atoms with Gasteiger partial charge in [0.05, 0.1) is 21.9 Å². The van der Waals surface area contributed by atoms with Crippen LogP contribution in [0.5, 0.6) is 5.75 Å².